The summed E-state index contributed by atoms with van der Waals surface area (Å²) in [5.41, 5.74) is 0. The summed E-state index contributed by atoms with van der Waals surface area (Å²) in [5, 5.41) is 0.299. The maximum absolute atomic E-state index is 13.4. The molecule has 0 amide bonds. The SMILES string of the molecule is Fc1ccc(Br)cc1Oc1ccnc(Cl)c1. The van der Waals surface area contributed by atoms with E-state index in [1.54, 1.807) is 18.2 Å². The van der Waals surface area contributed by atoms with Crippen LogP contribution in [-0.2, 0) is 0 Å². The summed E-state index contributed by atoms with van der Waals surface area (Å²) < 4.78 is 19.4. The van der Waals surface area contributed by atoms with Crippen molar-refractivity contribution in [1.82, 2.24) is 4.98 Å². The second-order valence-corrected chi connectivity index (χ2v) is 4.29. The van der Waals surface area contributed by atoms with Gasteiger partial charge in [0.25, 0.3) is 0 Å². The maximum Gasteiger partial charge on any atom is 0.165 e. The van der Waals surface area contributed by atoms with Gasteiger partial charge in [-0.05, 0) is 24.3 Å². The Morgan fingerprint density at radius 3 is 2.81 bits per heavy atom. The molecule has 82 valence electrons. The van der Waals surface area contributed by atoms with Crippen molar-refractivity contribution >= 4 is 27.5 Å². The van der Waals surface area contributed by atoms with Crippen LogP contribution in [0.25, 0.3) is 0 Å². The Labute approximate surface area is 105 Å². The second kappa shape index (κ2) is 4.80. The van der Waals surface area contributed by atoms with Crippen LogP contribution in [0.5, 0.6) is 11.5 Å². The number of halogens is 3. The second-order valence-electron chi connectivity index (χ2n) is 2.99. The molecule has 0 radical (unpaired) electrons. The van der Waals surface area contributed by atoms with Crippen LogP contribution < -0.4 is 4.74 Å². The van der Waals surface area contributed by atoms with Crippen LogP contribution in [-0.4, -0.2) is 4.98 Å². The molecule has 0 spiro atoms. The van der Waals surface area contributed by atoms with E-state index in [-0.39, 0.29) is 5.75 Å². The number of hydrogen-bond acceptors (Lipinski definition) is 2. The Hall–Kier alpha value is -1.13. The van der Waals surface area contributed by atoms with E-state index >= 15 is 0 Å². The third kappa shape index (κ3) is 2.71. The zero-order valence-corrected chi connectivity index (χ0v) is 10.3. The van der Waals surface area contributed by atoms with E-state index in [0.29, 0.717) is 10.9 Å². The van der Waals surface area contributed by atoms with Gasteiger partial charge in [-0.1, -0.05) is 27.5 Å². The van der Waals surface area contributed by atoms with Gasteiger partial charge in [-0.3, -0.25) is 0 Å². The lowest BCUT2D eigenvalue weighted by Gasteiger charge is -2.06. The molecule has 0 aliphatic heterocycles. The summed E-state index contributed by atoms with van der Waals surface area (Å²) in [7, 11) is 0. The number of benzene rings is 1. The van der Waals surface area contributed by atoms with Crippen LogP contribution in [0.2, 0.25) is 5.15 Å². The van der Waals surface area contributed by atoms with Gasteiger partial charge >= 0.3 is 0 Å². The van der Waals surface area contributed by atoms with Gasteiger partial charge in [0.2, 0.25) is 0 Å². The molecule has 0 fully saturated rings. The fourth-order valence-electron chi connectivity index (χ4n) is 1.13. The highest BCUT2D eigenvalue weighted by atomic mass is 79.9. The van der Waals surface area contributed by atoms with E-state index < -0.39 is 5.82 Å². The first-order chi connectivity index (χ1) is 7.65. The molecule has 0 aliphatic rings. The average molecular weight is 303 g/mol. The van der Waals surface area contributed by atoms with Gasteiger partial charge < -0.3 is 4.74 Å². The number of ether oxygens (including phenoxy) is 1. The van der Waals surface area contributed by atoms with Gasteiger partial charge in [0, 0.05) is 16.7 Å². The molecule has 0 bridgehead atoms. The van der Waals surface area contributed by atoms with E-state index in [4.69, 9.17) is 16.3 Å². The third-order valence-corrected chi connectivity index (χ3v) is 2.52. The highest BCUT2D eigenvalue weighted by Crippen LogP contribution is 2.28. The Bertz CT molecular complexity index is 521. The van der Waals surface area contributed by atoms with Crippen molar-refractivity contribution in [3.63, 3.8) is 0 Å². The van der Waals surface area contributed by atoms with Crippen LogP contribution in [0.15, 0.2) is 41.0 Å². The molecule has 5 heteroatoms. The molecule has 1 aromatic heterocycles. The topological polar surface area (TPSA) is 22.1 Å². The zero-order valence-electron chi connectivity index (χ0n) is 7.95. The normalized spacial score (nSPS) is 10.2. The molecule has 0 saturated carbocycles. The van der Waals surface area contributed by atoms with Gasteiger partial charge in [0.15, 0.2) is 11.6 Å². The monoisotopic (exact) mass is 301 g/mol. The predicted octanol–water partition coefficient (Wildman–Crippen LogP) is 4.43. The van der Waals surface area contributed by atoms with Crippen molar-refractivity contribution in [2.24, 2.45) is 0 Å². The summed E-state index contributed by atoms with van der Waals surface area (Å²) in [4.78, 5) is 3.80. The molecule has 1 aromatic carbocycles. The summed E-state index contributed by atoms with van der Waals surface area (Å²) in [6, 6.07) is 7.59. The highest BCUT2D eigenvalue weighted by molar-refractivity contribution is 9.10. The van der Waals surface area contributed by atoms with Gasteiger partial charge in [-0.25, -0.2) is 9.37 Å². The van der Waals surface area contributed by atoms with Crippen molar-refractivity contribution in [3.8, 4) is 11.5 Å². The lowest BCUT2D eigenvalue weighted by Crippen LogP contribution is -1.88. The maximum atomic E-state index is 13.4. The van der Waals surface area contributed by atoms with E-state index in [0.717, 1.165) is 4.47 Å². The Morgan fingerprint density at radius 1 is 1.25 bits per heavy atom. The van der Waals surface area contributed by atoms with E-state index in [2.05, 4.69) is 20.9 Å². The van der Waals surface area contributed by atoms with Crippen LogP contribution in [0.1, 0.15) is 0 Å². The number of pyridine rings is 1. The summed E-state index contributed by atoms with van der Waals surface area (Å²) >= 11 is 8.93. The Morgan fingerprint density at radius 2 is 2.06 bits per heavy atom. The average Bonchev–Trinajstić information content (AvgIpc) is 2.24. The predicted molar refractivity (Wildman–Crippen MR) is 63.4 cm³/mol. The summed E-state index contributed by atoms with van der Waals surface area (Å²) in [5.74, 6) is 0.143. The molecule has 2 aromatic rings. The number of nitrogens with zero attached hydrogens (tertiary/aromatic N) is 1. The van der Waals surface area contributed by atoms with Crippen LogP contribution >= 0.6 is 27.5 Å². The molecular formula is C11H6BrClFNO. The molecule has 0 N–H and O–H groups in total. The first-order valence-electron chi connectivity index (χ1n) is 4.39. The van der Waals surface area contributed by atoms with Crippen LogP contribution in [0, 0.1) is 5.82 Å². The molecule has 2 rings (SSSR count). The molecular weight excluding hydrogens is 296 g/mol. The molecule has 0 aliphatic carbocycles. The standard InChI is InChI=1S/C11H6BrClFNO/c12-7-1-2-9(14)10(5-7)16-8-3-4-15-11(13)6-8/h1-6H. The van der Waals surface area contributed by atoms with Crippen LogP contribution in [0.4, 0.5) is 4.39 Å². The number of rotatable bonds is 2. The molecule has 1 heterocycles. The molecule has 0 atom stereocenters. The van der Waals surface area contributed by atoms with Crippen molar-refractivity contribution in [2.45, 2.75) is 0 Å². The fraction of sp³-hybridized carbons (Fsp3) is 0. The lowest BCUT2D eigenvalue weighted by molar-refractivity contribution is 0.441. The van der Waals surface area contributed by atoms with Crippen molar-refractivity contribution < 1.29 is 9.13 Å². The Kier molecular flexibility index (Phi) is 3.41. The van der Waals surface area contributed by atoms with Crippen molar-refractivity contribution in [2.75, 3.05) is 0 Å². The van der Waals surface area contributed by atoms with Crippen molar-refractivity contribution in [3.05, 3.63) is 52.0 Å². The molecule has 2 nitrogen and oxygen atoms in total. The van der Waals surface area contributed by atoms with Gasteiger partial charge in [-0.2, -0.15) is 0 Å². The molecule has 0 unspecified atom stereocenters. The molecule has 0 saturated heterocycles. The summed E-state index contributed by atoms with van der Waals surface area (Å²) in [6.07, 6.45) is 1.49. The quantitative estimate of drug-likeness (QED) is 0.766. The fourth-order valence-corrected chi connectivity index (χ4v) is 1.63. The van der Waals surface area contributed by atoms with Gasteiger partial charge in [0.1, 0.15) is 10.9 Å². The summed E-state index contributed by atoms with van der Waals surface area (Å²) in [6.45, 7) is 0. The van der Waals surface area contributed by atoms with E-state index in [9.17, 15) is 4.39 Å². The highest BCUT2D eigenvalue weighted by Gasteiger charge is 2.05. The minimum atomic E-state index is -0.434. The first-order valence-corrected chi connectivity index (χ1v) is 5.57. The van der Waals surface area contributed by atoms with Crippen LogP contribution in [0.3, 0.4) is 0 Å². The zero-order chi connectivity index (χ0) is 11.5. The minimum Gasteiger partial charge on any atom is -0.454 e. The Balaban J connectivity index is 2.30. The van der Waals surface area contributed by atoms with Gasteiger partial charge in [0.05, 0.1) is 0 Å². The lowest BCUT2D eigenvalue weighted by atomic mass is 10.3. The van der Waals surface area contributed by atoms with Gasteiger partial charge in [-0.15, -0.1) is 0 Å². The van der Waals surface area contributed by atoms with E-state index in [1.165, 1.54) is 18.3 Å². The molecule has 16 heavy (non-hydrogen) atoms. The third-order valence-electron chi connectivity index (χ3n) is 1.82. The largest absolute Gasteiger partial charge is 0.454 e. The minimum absolute atomic E-state index is 0.136. The first kappa shape index (κ1) is 11.4. The van der Waals surface area contributed by atoms with Crippen molar-refractivity contribution in [1.29, 1.82) is 0 Å². The smallest absolute Gasteiger partial charge is 0.165 e. The number of aromatic nitrogens is 1. The van der Waals surface area contributed by atoms with E-state index in [1.807, 2.05) is 0 Å². The number of hydrogen-bond donors (Lipinski definition) is 0.